The van der Waals surface area contributed by atoms with Gasteiger partial charge < -0.3 is 14.2 Å². The number of rotatable bonds is 5. The molecule has 2 aromatic carbocycles. The fourth-order valence-electron chi connectivity index (χ4n) is 3.97. The number of anilines is 1. The van der Waals surface area contributed by atoms with Crippen molar-refractivity contribution in [3.8, 4) is 11.5 Å². The summed E-state index contributed by atoms with van der Waals surface area (Å²) < 4.78 is 5.36. The number of benzene rings is 2. The molecule has 0 saturated carbocycles. The third-order valence-corrected chi connectivity index (χ3v) is 5.75. The zero-order valence-electron chi connectivity index (χ0n) is 17.9. The van der Waals surface area contributed by atoms with Gasteiger partial charge in [-0.05, 0) is 30.3 Å². The number of nitrogens with zero attached hydrogens (tertiary/aromatic N) is 4. The maximum atomic E-state index is 13.3. The summed E-state index contributed by atoms with van der Waals surface area (Å²) in [5, 5.41) is 8.58. The zero-order valence-corrected chi connectivity index (χ0v) is 17.9. The number of amides is 1. The van der Waals surface area contributed by atoms with Crippen LogP contribution in [-0.2, 0) is 0 Å². The van der Waals surface area contributed by atoms with Crippen LogP contribution in [0.15, 0.2) is 89.5 Å². The third-order valence-electron chi connectivity index (χ3n) is 5.75. The second-order valence-electron chi connectivity index (χ2n) is 7.77. The first-order chi connectivity index (χ1) is 16.2. The van der Waals surface area contributed by atoms with Gasteiger partial charge >= 0.3 is 0 Å². The molecule has 33 heavy (non-hydrogen) atoms. The average Bonchev–Trinajstić information content (AvgIpc) is 3.44. The molecule has 0 N–H and O–H groups in total. The summed E-state index contributed by atoms with van der Waals surface area (Å²) in [4.78, 5) is 30.2. The minimum absolute atomic E-state index is 0.131. The zero-order chi connectivity index (χ0) is 22.6. The smallest absolute Gasteiger partial charge is 0.254 e. The highest BCUT2D eigenvalue weighted by Gasteiger charge is 2.26. The Kier molecular flexibility index (Phi) is 5.68. The fourth-order valence-corrected chi connectivity index (χ4v) is 3.97. The van der Waals surface area contributed by atoms with Crippen molar-refractivity contribution in [1.82, 2.24) is 15.1 Å². The van der Waals surface area contributed by atoms with Gasteiger partial charge in [0.15, 0.2) is 17.4 Å². The molecule has 0 unspecified atom stereocenters. The average molecular weight is 438 g/mol. The number of hydrogen-bond donors (Lipinski definition) is 0. The van der Waals surface area contributed by atoms with Crippen LogP contribution >= 0.6 is 0 Å². The van der Waals surface area contributed by atoms with Crippen LogP contribution in [0.2, 0.25) is 0 Å². The Labute approximate surface area is 191 Å². The van der Waals surface area contributed by atoms with Crippen molar-refractivity contribution in [2.24, 2.45) is 0 Å². The van der Waals surface area contributed by atoms with Crippen LogP contribution in [0.3, 0.4) is 0 Å². The number of carbonyl (C=O) groups is 2. The van der Waals surface area contributed by atoms with Crippen molar-refractivity contribution >= 4 is 17.5 Å². The summed E-state index contributed by atoms with van der Waals surface area (Å²) in [6.07, 6.45) is 1.60. The first-order valence-corrected chi connectivity index (χ1v) is 10.8. The molecule has 7 heteroatoms. The number of carbonyl (C=O) groups excluding carboxylic acids is 2. The second-order valence-corrected chi connectivity index (χ2v) is 7.77. The highest BCUT2D eigenvalue weighted by molar-refractivity contribution is 6.15. The van der Waals surface area contributed by atoms with E-state index in [9.17, 15) is 9.59 Å². The van der Waals surface area contributed by atoms with E-state index in [1.165, 1.54) is 0 Å². The molecule has 164 valence electrons. The highest BCUT2D eigenvalue weighted by atomic mass is 16.3. The molecular weight excluding hydrogens is 416 g/mol. The standard InChI is InChI=1S/C26H22N4O3/c31-25(19-7-2-1-3-8-19)20-9-4-5-10-21(20)26(32)30-16-14-29(15-17-30)24-13-12-22(27-28-24)23-11-6-18-33-23/h1-13,18H,14-17H2. The van der Waals surface area contributed by atoms with Crippen LogP contribution in [0, 0.1) is 0 Å². The van der Waals surface area contributed by atoms with Crippen LogP contribution in [-0.4, -0.2) is 53.0 Å². The lowest BCUT2D eigenvalue weighted by Crippen LogP contribution is -2.49. The molecule has 0 atom stereocenters. The third kappa shape index (κ3) is 4.25. The van der Waals surface area contributed by atoms with E-state index < -0.39 is 0 Å². The molecule has 3 heterocycles. The van der Waals surface area contributed by atoms with Crippen molar-refractivity contribution in [1.29, 1.82) is 0 Å². The second kappa shape index (κ2) is 9.08. The van der Waals surface area contributed by atoms with E-state index in [0.29, 0.717) is 54.3 Å². The minimum Gasteiger partial charge on any atom is -0.463 e. The Bertz CT molecular complexity index is 1250. The Hall–Kier alpha value is -4.26. The molecular formula is C26H22N4O3. The van der Waals surface area contributed by atoms with Crippen LogP contribution in [0.5, 0.6) is 0 Å². The maximum Gasteiger partial charge on any atom is 0.254 e. The number of piperazine rings is 1. The summed E-state index contributed by atoms with van der Waals surface area (Å²) in [5.41, 5.74) is 2.11. The highest BCUT2D eigenvalue weighted by Crippen LogP contribution is 2.21. The summed E-state index contributed by atoms with van der Waals surface area (Å²) in [6.45, 7) is 2.34. The van der Waals surface area contributed by atoms with E-state index in [2.05, 4.69) is 15.1 Å². The van der Waals surface area contributed by atoms with Crippen molar-refractivity contribution in [3.63, 3.8) is 0 Å². The molecule has 1 fully saturated rings. The van der Waals surface area contributed by atoms with Gasteiger partial charge in [-0.25, -0.2) is 0 Å². The van der Waals surface area contributed by atoms with Gasteiger partial charge in [-0.1, -0.05) is 48.5 Å². The van der Waals surface area contributed by atoms with E-state index in [-0.39, 0.29) is 11.7 Å². The minimum atomic E-state index is -0.148. The summed E-state index contributed by atoms with van der Waals surface area (Å²) in [6, 6.07) is 23.5. The maximum absolute atomic E-state index is 13.3. The molecule has 1 saturated heterocycles. The molecule has 0 aliphatic carbocycles. The lowest BCUT2D eigenvalue weighted by Gasteiger charge is -2.35. The van der Waals surface area contributed by atoms with Crippen LogP contribution < -0.4 is 4.90 Å². The predicted octanol–water partition coefficient (Wildman–Crippen LogP) is 3.93. The molecule has 0 bridgehead atoms. The van der Waals surface area contributed by atoms with Gasteiger partial charge in [-0.3, -0.25) is 9.59 Å². The van der Waals surface area contributed by atoms with Gasteiger partial charge in [0.25, 0.3) is 5.91 Å². The number of furan rings is 1. The van der Waals surface area contributed by atoms with E-state index >= 15 is 0 Å². The summed E-state index contributed by atoms with van der Waals surface area (Å²) >= 11 is 0. The van der Waals surface area contributed by atoms with Gasteiger partial charge in [0.05, 0.1) is 11.8 Å². The number of aromatic nitrogens is 2. The Morgan fingerprint density at radius 3 is 2.12 bits per heavy atom. The summed E-state index contributed by atoms with van der Waals surface area (Å²) in [5.74, 6) is 1.16. The van der Waals surface area contributed by atoms with E-state index in [4.69, 9.17) is 4.42 Å². The van der Waals surface area contributed by atoms with Crippen molar-refractivity contribution in [2.45, 2.75) is 0 Å². The van der Waals surface area contributed by atoms with Crippen LogP contribution in [0.25, 0.3) is 11.5 Å². The molecule has 5 rings (SSSR count). The largest absolute Gasteiger partial charge is 0.463 e. The van der Waals surface area contributed by atoms with Gasteiger partial charge in [0.2, 0.25) is 0 Å². The molecule has 0 radical (unpaired) electrons. The molecule has 7 nitrogen and oxygen atoms in total. The lowest BCUT2D eigenvalue weighted by molar-refractivity contribution is 0.0742. The summed E-state index contributed by atoms with van der Waals surface area (Å²) in [7, 11) is 0. The molecule has 4 aromatic rings. The Morgan fingerprint density at radius 1 is 0.727 bits per heavy atom. The molecule has 1 amide bonds. The Morgan fingerprint density at radius 2 is 1.45 bits per heavy atom. The predicted molar refractivity (Wildman–Crippen MR) is 124 cm³/mol. The molecule has 0 spiro atoms. The molecule has 1 aliphatic heterocycles. The van der Waals surface area contributed by atoms with Crippen molar-refractivity contribution < 1.29 is 14.0 Å². The van der Waals surface area contributed by atoms with Gasteiger partial charge in [-0.15, -0.1) is 10.2 Å². The topological polar surface area (TPSA) is 79.5 Å². The first-order valence-electron chi connectivity index (χ1n) is 10.8. The van der Waals surface area contributed by atoms with Crippen LogP contribution in [0.1, 0.15) is 26.3 Å². The molecule has 2 aromatic heterocycles. The number of ketones is 1. The van der Waals surface area contributed by atoms with Gasteiger partial charge in [0.1, 0.15) is 5.69 Å². The fraction of sp³-hybridized carbons (Fsp3) is 0.154. The van der Waals surface area contributed by atoms with Crippen LogP contribution in [0.4, 0.5) is 5.82 Å². The van der Waals surface area contributed by atoms with Gasteiger partial charge in [0, 0.05) is 37.3 Å². The van der Waals surface area contributed by atoms with Crippen molar-refractivity contribution in [3.05, 3.63) is 102 Å². The number of hydrogen-bond acceptors (Lipinski definition) is 6. The van der Waals surface area contributed by atoms with Gasteiger partial charge in [-0.2, -0.15) is 0 Å². The van der Waals surface area contributed by atoms with Crippen molar-refractivity contribution in [2.75, 3.05) is 31.1 Å². The lowest BCUT2D eigenvalue weighted by atomic mass is 9.97. The normalized spacial score (nSPS) is 13.7. The Balaban J connectivity index is 1.27. The van der Waals surface area contributed by atoms with E-state index in [0.717, 1.165) is 5.82 Å². The first kappa shape index (κ1) is 20.6. The quantitative estimate of drug-likeness (QED) is 0.439. The van der Waals surface area contributed by atoms with E-state index in [1.807, 2.05) is 42.5 Å². The SMILES string of the molecule is O=C(c1ccccc1)c1ccccc1C(=O)N1CCN(c2ccc(-c3ccco3)nn2)CC1. The van der Waals surface area contributed by atoms with E-state index in [1.54, 1.807) is 47.6 Å². The molecule has 1 aliphatic rings. The monoisotopic (exact) mass is 438 g/mol.